The Kier molecular flexibility index (Phi) is 2.85. The van der Waals surface area contributed by atoms with Crippen molar-refractivity contribution >= 4 is 34.7 Å². The van der Waals surface area contributed by atoms with Crippen LogP contribution in [0.4, 0.5) is 5.69 Å². The SMILES string of the molecule is NC(=NO)c1cc(Cl)cc(Cl)c1N. The summed E-state index contributed by atoms with van der Waals surface area (Å²) in [7, 11) is 0. The number of halogens is 2. The van der Waals surface area contributed by atoms with Gasteiger partial charge < -0.3 is 16.7 Å². The van der Waals surface area contributed by atoms with Gasteiger partial charge in [-0.15, -0.1) is 0 Å². The molecule has 4 nitrogen and oxygen atoms in total. The second kappa shape index (κ2) is 3.72. The lowest BCUT2D eigenvalue weighted by Gasteiger charge is -2.05. The third kappa shape index (κ3) is 1.96. The van der Waals surface area contributed by atoms with Gasteiger partial charge >= 0.3 is 0 Å². The Balaban J connectivity index is 3.37. The van der Waals surface area contributed by atoms with Crippen molar-refractivity contribution in [2.75, 3.05) is 5.73 Å². The van der Waals surface area contributed by atoms with E-state index < -0.39 is 0 Å². The zero-order valence-corrected chi connectivity index (χ0v) is 7.97. The van der Waals surface area contributed by atoms with E-state index in [0.29, 0.717) is 10.6 Å². The van der Waals surface area contributed by atoms with Gasteiger partial charge in [0.05, 0.1) is 10.7 Å². The Labute approximate surface area is 84.7 Å². The predicted molar refractivity (Wildman–Crippen MR) is 53.4 cm³/mol. The number of nitrogen functional groups attached to an aromatic ring is 1. The van der Waals surface area contributed by atoms with Crippen molar-refractivity contribution in [1.29, 1.82) is 0 Å². The van der Waals surface area contributed by atoms with E-state index >= 15 is 0 Å². The molecule has 1 rings (SSSR count). The summed E-state index contributed by atoms with van der Waals surface area (Å²) in [6, 6.07) is 2.95. The first-order chi connectivity index (χ1) is 6.06. The van der Waals surface area contributed by atoms with Gasteiger partial charge in [0.25, 0.3) is 0 Å². The molecule has 0 saturated carbocycles. The highest BCUT2D eigenvalue weighted by atomic mass is 35.5. The Morgan fingerprint density at radius 3 is 2.54 bits per heavy atom. The van der Waals surface area contributed by atoms with E-state index in [9.17, 15) is 0 Å². The molecule has 0 fully saturated rings. The summed E-state index contributed by atoms with van der Waals surface area (Å²) in [5, 5.41) is 11.9. The summed E-state index contributed by atoms with van der Waals surface area (Å²) in [4.78, 5) is 0. The topological polar surface area (TPSA) is 84.6 Å². The van der Waals surface area contributed by atoms with E-state index in [1.165, 1.54) is 12.1 Å². The molecule has 0 aliphatic carbocycles. The van der Waals surface area contributed by atoms with E-state index in [-0.39, 0.29) is 16.5 Å². The van der Waals surface area contributed by atoms with Crippen molar-refractivity contribution in [2.24, 2.45) is 10.9 Å². The van der Waals surface area contributed by atoms with Gasteiger partial charge in [0, 0.05) is 10.6 Å². The predicted octanol–water partition coefficient (Wildman–Crippen LogP) is 1.67. The summed E-state index contributed by atoms with van der Waals surface area (Å²) >= 11 is 11.4. The fourth-order valence-corrected chi connectivity index (χ4v) is 1.34. The monoisotopic (exact) mass is 219 g/mol. The van der Waals surface area contributed by atoms with Gasteiger partial charge in [-0.3, -0.25) is 0 Å². The van der Waals surface area contributed by atoms with E-state index in [2.05, 4.69) is 5.16 Å². The molecular formula is C7H7Cl2N3O. The maximum atomic E-state index is 8.42. The third-order valence-corrected chi connectivity index (χ3v) is 2.01. The summed E-state index contributed by atoms with van der Waals surface area (Å²) in [5.74, 6) is -0.123. The first-order valence-corrected chi connectivity index (χ1v) is 4.04. The van der Waals surface area contributed by atoms with Crippen LogP contribution in [0.2, 0.25) is 10.0 Å². The van der Waals surface area contributed by atoms with Gasteiger partial charge in [-0.05, 0) is 12.1 Å². The third-order valence-electron chi connectivity index (χ3n) is 1.48. The maximum Gasteiger partial charge on any atom is 0.172 e. The van der Waals surface area contributed by atoms with E-state index in [0.717, 1.165) is 0 Å². The molecule has 70 valence electrons. The largest absolute Gasteiger partial charge is 0.409 e. The van der Waals surface area contributed by atoms with Crippen molar-refractivity contribution in [3.8, 4) is 0 Å². The minimum Gasteiger partial charge on any atom is -0.409 e. The maximum absolute atomic E-state index is 8.42. The second-order valence-corrected chi connectivity index (χ2v) is 3.18. The molecule has 1 aromatic carbocycles. The molecule has 0 spiro atoms. The van der Waals surface area contributed by atoms with Crippen LogP contribution in [0.1, 0.15) is 5.56 Å². The number of nitrogens with two attached hydrogens (primary N) is 2. The molecule has 0 aromatic heterocycles. The summed E-state index contributed by atoms with van der Waals surface area (Å²) in [6.07, 6.45) is 0. The van der Waals surface area contributed by atoms with Crippen LogP contribution in [0.3, 0.4) is 0 Å². The van der Waals surface area contributed by atoms with Crippen LogP contribution in [-0.4, -0.2) is 11.0 Å². The van der Waals surface area contributed by atoms with Crippen LogP contribution in [0.25, 0.3) is 0 Å². The summed E-state index contributed by atoms with van der Waals surface area (Å²) < 4.78 is 0. The number of benzene rings is 1. The van der Waals surface area contributed by atoms with Gasteiger partial charge in [0.1, 0.15) is 0 Å². The second-order valence-electron chi connectivity index (χ2n) is 2.33. The Bertz CT molecular complexity index is 365. The molecule has 0 bridgehead atoms. The Hall–Kier alpha value is -1.13. The van der Waals surface area contributed by atoms with Gasteiger partial charge in [-0.1, -0.05) is 28.4 Å². The average molecular weight is 220 g/mol. The molecule has 13 heavy (non-hydrogen) atoms. The van der Waals surface area contributed by atoms with Crippen LogP contribution in [0.5, 0.6) is 0 Å². The molecule has 0 radical (unpaired) electrons. The standard InChI is InChI=1S/C7H7Cl2N3O/c8-3-1-4(7(11)12-13)6(10)5(9)2-3/h1-2,13H,10H2,(H2,11,12). The van der Waals surface area contributed by atoms with Gasteiger partial charge in [-0.2, -0.15) is 0 Å². The molecule has 1 aromatic rings. The molecule has 0 aliphatic rings. The molecule has 0 unspecified atom stereocenters. The van der Waals surface area contributed by atoms with Crippen molar-refractivity contribution in [1.82, 2.24) is 0 Å². The van der Waals surface area contributed by atoms with Crippen LogP contribution in [-0.2, 0) is 0 Å². The summed E-state index contributed by atoms with van der Waals surface area (Å²) in [6.45, 7) is 0. The highest BCUT2D eigenvalue weighted by Crippen LogP contribution is 2.27. The fourth-order valence-electron chi connectivity index (χ4n) is 0.851. The quantitative estimate of drug-likeness (QED) is 0.221. The first-order valence-electron chi connectivity index (χ1n) is 3.28. The number of anilines is 1. The van der Waals surface area contributed by atoms with Crippen LogP contribution in [0.15, 0.2) is 17.3 Å². The number of amidine groups is 1. The van der Waals surface area contributed by atoms with E-state index in [1.54, 1.807) is 0 Å². The molecule has 0 saturated heterocycles. The van der Waals surface area contributed by atoms with Crippen molar-refractivity contribution in [3.63, 3.8) is 0 Å². The molecule has 6 heteroatoms. The van der Waals surface area contributed by atoms with Gasteiger partial charge in [0.2, 0.25) is 0 Å². The molecule has 0 amide bonds. The minimum absolute atomic E-state index is 0.123. The van der Waals surface area contributed by atoms with E-state index in [1.807, 2.05) is 0 Å². The first kappa shape index (κ1) is 9.95. The molecule has 0 aliphatic heterocycles. The molecule has 5 N–H and O–H groups in total. The van der Waals surface area contributed by atoms with Gasteiger partial charge in [0.15, 0.2) is 5.84 Å². The Morgan fingerprint density at radius 1 is 1.38 bits per heavy atom. The van der Waals surface area contributed by atoms with Crippen molar-refractivity contribution in [2.45, 2.75) is 0 Å². The number of hydrogen-bond donors (Lipinski definition) is 3. The minimum atomic E-state index is -0.123. The van der Waals surface area contributed by atoms with Crippen LogP contribution in [0, 0.1) is 0 Å². The molecular weight excluding hydrogens is 213 g/mol. The molecule has 0 heterocycles. The zero-order chi connectivity index (χ0) is 10.0. The lowest BCUT2D eigenvalue weighted by molar-refractivity contribution is 0.318. The van der Waals surface area contributed by atoms with Crippen molar-refractivity contribution < 1.29 is 5.21 Å². The number of oxime groups is 1. The number of nitrogens with zero attached hydrogens (tertiary/aromatic N) is 1. The zero-order valence-electron chi connectivity index (χ0n) is 6.46. The Morgan fingerprint density at radius 2 is 2.00 bits per heavy atom. The summed E-state index contributed by atoms with van der Waals surface area (Å²) in [5.41, 5.74) is 11.5. The fraction of sp³-hybridized carbons (Fsp3) is 0. The number of hydrogen-bond acceptors (Lipinski definition) is 3. The number of rotatable bonds is 1. The lowest BCUT2D eigenvalue weighted by atomic mass is 10.1. The molecule has 0 atom stereocenters. The van der Waals surface area contributed by atoms with Gasteiger partial charge in [-0.25, -0.2) is 0 Å². The van der Waals surface area contributed by atoms with Crippen molar-refractivity contribution in [3.05, 3.63) is 27.7 Å². The van der Waals surface area contributed by atoms with Crippen LogP contribution >= 0.6 is 23.2 Å². The van der Waals surface area contributed by atoms with Crippen LogP contribution < -0.4 is 11.5 Å². The highest BCUT2D eigenvalue weighted by molar-refractivity contribution is 6.37. The lowest BCUT2D eigenvalue weighted by Crippen LogP contribution is -2.15. The smallest absolute Gasteiger partial charge is 0.172 e. The normalized spacial score (nSPS) is 11.7. The van der Waals surface area contributed by atoms with E-state index in [4.69, 9.17) is 39.9 Å². The average Bonchev–Trinajstić information content (AvgIpc) is 2.10. The highest BCUT2D eigenvalue weighted by Gasteiger charge is 2.09.